The normalized spacial score (nSPS) is 18.6. The minimum atomic E-state index is 0.155. The highest BCUT2D eigenvalue weighted by Crippen LogP contribution is 2.22. The van der Waals surface area contributed by atoms with Gasteiger partial charge in [-0.25, -0.2) is 0 Å². The first-order valence-corrected chi connectivity index (χ1v) is 7.80. The quantitative estimate of drug-likeness (QED) is 0.792. The zero-order chi connectivity index (χ0) is 14.4. The fourth-order valence-corrected chi connectivity index (χ4v) is 2.49. The lowest BCUT2D eigenvalue weighted by Crippen LogP contribution is -2.42. The molecule has 1 aliphatic heterocycles. The van der Waals surface area contributed by atoms with E-state index >= 15 is 0 Å². The van der Waals surface area contributed by atoms with E-state index in [1.807, 2.05) is 0 Å². The third-order valence-electron chi connectivity index (χ3n) is 3.85. The van der Waals surface area contributed by atoms with E-state index in [-0.39, 0.29) is 18.2 Å². The van der Waals surface area contributed by atoms with Crippen LogP contribution in [0.4, 0.5) is 0 Å². The SMILES string of the molecule is CCCNC(c1ccc(CC)cc1)C(C)OC1COC1. The molecule has 0 aromatic heterocycles. The van der Waals surface area contributed by atoms with Crippen molar-refractivity contribution in [2.75, 3.05) is 19.8 Å². The van der Waals surface area contributed by atoms with Crippen LogP contribution >= 0.6 is 0 Å². The molecule has 2 rings (SSSR count). The number of hydrogen-bond acceptors (Lipinski definition) is 3. The fraction of sp³-hybridized carbons (Fsp3) is 0.647. The van der Waals surface area contributed by atoms with E-state index in [2.05, 4.69) is 50.4 Å². The molecule has 2 atom stereocenters. The van der Waals surface area contributed by atoms with E-state index < -0.39 is 0 Å². The summed E-state index contributed by atoms with van der Waals surface area (Å²) in [5.41, 5.74) is 2.69. The Morgan fingerprint density at radius 2 is 1.95 bits per heavy atom. The smallest absolute Gasteiger partial charge is 0.105 e. The Hall–Kier alpha value is -0.900. The molecule has 0 saturated carbocycles. The van der Waals surface area contributed by atoms with Crippen molar-refractivity contribution in [3.05, 3.63) is 35.4 Å². The molecule has 1 aromatic carbocycles. The van der Waals surface area contributed by atoms with Crippen molar-refractivity contribution in [3.8, 4) is 0 Å². The van der Waals surface area contributed by atoms with Gasteiger partial charge in [-0.2, -0.15) is 0 Å². The molecular weight excluding hydrogens is 250 g/mol. The first-order chi connectivity index (χ1) is 9.74. The lowest BCUT2D eigenvalue weighted by atomic mass is 9.99. The average molecular weight is 277 g/mol. The first-order valence-electron chi connectivity index (χ1n) is 7.80. The highest BCUT2D eigenvalue weighted by molar-refractivity contribution is 5.25. The minimum Gasteiger partial charge on any atom is -0.376 e. The molecule has 3 nitrogen and oxygen atoms in total. The summed E-state index contributed by atoms with van der Waals surface area (Å²) < 4.78 is 11.3. The van der Waals surface area contributed by atoms with Crippen molar-refractivity contribution in [2.45, 2.75) is 51.9 Å². The summed E-state index contributed by atoms with van der Waals surface area (Å²) in [6, 6.07) is 9.14. The van der Waals surface area contributed by atoms with Crippen molar-refractivity contribution in [1.82, 2.24) is 5.32 Å². The Bertz CT molecular complexity index is 386. The van der Waals surface area contributed by atoms with Crippen LogP contribution in [0.15, 0.2) is 24.3 Å². The van der Waals surface area contributed by atoms with Crippen LogP contribution in [-0.2, 0) is 15.9 Å². The molecule has 3 heteroatoms. The van der Waals surface area contributed by atoms with Crippen LogP contribution in [0.3, 0.4) is 0 Å². The van der Waals surface area contributed by atoms with Gasteiger partial charge in [0.15, 0.2) is 0 Å². The molecule has 1 N–H and O–H groups in total. The van der Waals surface area contributed by atoms with Gasteiger partial charge in [0.2, 0.25) is 0 Å². The third-order valence-corrected chi connectivity index (χ3v) is 3.85. The predicted octanol–water partition coefficient (Wildman–Crippen LogP) is 3.09. The number of aryl methyl sites for hydroxylation is 1. The van der Waals surface area contributed by atoms with Crippen LogP contribution < -0.4 is 5.32 Å². The van der Waals surface area contributed by atoms with Crippen LogP contribution in [0.5, 0.6) is 0 Å². The maximum absolute atomic E-state index is 6.07. The van der Waals surface area contributed by atoms with Gasteiger partial charge in [-0.15, -0.1) is 0 Å². The van der Waals surface area contributed by atoms with Crippen LogP contribution in [-0.4, -0.2) is 32.0 Å². The van der Waals surface area contributed by atoms with Gasteiger partial charge in [-0.3, -0.25) is 0 Å². The largest absolute Gasteiger partial charge is 0.376 e. The molecular formula is C17H27NO2. The van der Waals surface area contributed by atoms with E-state index in [0.29, 0.717) is 0 Å². The number of ether oxygens (including phenoxy) is 2. The van der Waals surface area contributed by atoms with Gasteiger partial charge in [0.1, 0.15) is 6.10 Å². The second kappa shape index (κ2) is 7.77. The molecule has 1 heterocycles. The van der Waals surface area contributed by atoms with E-state index in [0.717, 1.165) is 32.6 Å². The molecule has 0 spiro atoms. The maximum atomic E-state index is 6.07. The third kappa shape index (κ3) is 4.05. The molecule has 1 aromatic rings. The maximum Gasteiger partial charge on any atom is 0.105 e. The molecule has 0 radical (unpaired) electrons. The standard InChI is InChI=1S/C17H27NO2/c1-4-10-18-17(13(3)20-16-11-19-12-16)15-8-6-14(5-2)7-9-15/h6-9,13,16-18H,4-5,10-12H2,1-3H3. The molecule has 0 amide bonds. The zero-order valence-electron chi connectivity index (χ0n) is 12.9. The summed E-state index contributed by atoms with van der Waals surface area (Å²) in [5, 5.41) is 3.61. The second-order valence-electron chi connectivity index (χ2n) is 5.53. The van der Waals surface area contributed by atoms with E-state index in [4.69, 9.17) is 9.47 Å². The number of rotatable bonds is 8. The molecule has 1 aliphatic rings. The van der Waals surface area contributed by atoms with Crippen molar-refractivity contribution < 1.29 is 9.47 Å². The Balaban J connectivity index is 2.03. The number of hydrogen-bond donors (Lipinski definition) is 1. The van der Waals surface area contributed by atoms with Crippen LogP contribution in [0.2, 0.25) is 0 Å². The summed E-state index contributed by atoms with van der Waals surface area (Å²) >= 11 is 0. The Morgan fingerprint density at radius 1 is 1.25 bits per heavy atom. The summed E-state index contributed by atoms with van der Waals surface area (Å²) in [5.74, 6) is 0. The molecule has 1 fully saturated rings. The van der Waals surface area contributed by atoms with Gasteiger partial charge in [-0.05, 0) is 37.4 Å². The second-order valence-corrected chi connectivity index (χ2v) is 5.53. The van der Waals surface area contributed by atoms with Crippen LogP contribution in [0.1, 0.15) is 44.4 Å². The summed E-state index contributed by atoms with van der Waals surface area (Å²) in [4.78, 5) is 0. The number of benzene rings is 1. The van der Waals surface area contributed by atoms with Gasteiger partial charge < -0.3 is 14.8 Å². The summed E-state index contributed by atoms with van der Waals surface area (Å²) in [7, 11) is 0. The highest BCUT2D eigenvalue weighted by Gasteiger charge is 2.26. The van der Waals surface area contributed by atoms with E-state index in [9.17, 15) is 0 Å². The van der Waals surface area contributed by atoms with E-state index in [1.54, 1.807) is 0 Å². The fourth-order valence-electron chi connectivity index (χ4n) is 2.49. The zero-order valence-corrected chi connectivity index (χ0v) is 12.9. The lowest BCUT2D eigenvalue weighted by molar-refractivity contribution is -0.157. The number of nitrogens with one attached hydrogen (secondary N) is 1. The van der Waals surface area contributed by atoms with Gasteiger partial charge in [0.25, 0.3) is 0 Å². The predicted molar refractivity (Wildman–Crippen MR) is 82.0 cm³/mol. The highest BCUT2D eigenvalue weighted by atomic mass is 16.6. The Morgan fingerprint density at radius 3 is 2.45 bits per heavy atom. The van der Waals surface area contributed by atoms with Crippen molar-refractivity contribution in [3.63, 3.8) is 0 Å². The van der Waals surface area contributed by atoms with Crippen molar-refractivity contribution in [2.24, 2.45) is 0 Å². The molecule has 112 valence electrons. The van der Waals surface area contributed by atoms with Gasteiger partial charge in [0, 0.05) is 0 Å². The molecule has 20 heavy (non-hydrogen) atoms. The molecule has 0 aliphatic carbocycles. The van der Waals surface area contributed by atoms with Crippen molar-refractivity contribution >= 4 is 0 Å². The Labute approximate surface area is 122 Å². The molecule has 1 saturated heterocycles. The van der Waals surface area contributed by atoms with Crippen molar-refractivity contribution in [1.29, 1.82) is 0 Å². The molecule has 0 bridgehead atoms. The van der Waals surface area contributed by atoms with Crippen LogP contribution in [0.25, 0.3) is 0 Å². The minimum absolute atomic E-state index is 0.155. The molecule has 2 unspecified atom stereocenters. The summed E-state index contributed by atoms with van der Waals surface area (Å²) in [6.45, 7) is 9.01. The topological polar surface area (TPSA) is 30.5 Å². The lowest BCUT2D eigenvalue weighted by Gasteiger charge is -2.33. The monoisotopic (exact) mass is 277 g/mol. The average Bonchev–Trinajstić information content (AvgIpc) is 2.44. The van der Waals surface area contributed by atoms with Gasteiger partial charge in [0.05, 0.1) is 25.4 Å². The van der Waals surface area contributed by atoms with Crippen LogP contribution in [0, 0.1) is 0 Å². The Kier molecular flexibility index (Phi) is 6.02. The van der Waals surface area contributed by atoms with E-state index in [1.165, 1.54) is 11.1 Å². The summed E-state index contributed by atoms with van der Waals surface area (Å²) in [6.07, 6.45) is 2.63. The van der Waals surface area contributed by atoms with Gasteiger partial charge >= 0.3 is 0 Å². The first kappa shape index (κ1) is 15.5. The van der Waals surface area contributed by atoms with Gasteiger partial charge in [-0.1, -0.05) is 38.1 Å².